The van der Waals surface area contributed by atoms with E-state index in [1.807, 2.05) is 65.6 Å². The summed E-state index contributed by atoms with van der Waals surface area (Å²) in [5.74, 6) is 0.788. The predicted octanol–water partition coefficient (Wildman–Crippen LogP) is 5.29. The van der Waals surface area contributed by atoms with E-state index in [4.69, 9.17) is 15.2 Å². The monoisotopic (exact) mass is 513 g/mol. The molecule has 2 heterocycles. The van der Waals surface area contributed by atoms with Gasteiger partial charge in [-0.15, -0.1) is 0 Å². The Kier molecular flexibility index (Phi) is 7.70. The van der Waals surface area contributed by atoms with Crippen LogP contribution in [0, 0.1) is 0 Å². The van der Waals surface area contributed by atoms with Crippen LogP contribution in [0.25, 0.3) is 22.2 Å². The number of anilines is 3. The fraction of sp³-hybridized carbons (Fsp3) is 0.300. The normalized spacial score (nSPS) is 13.6. The van der Waals surface area contributed by atoms with Crippen molar-refractivity contribution in [2.45, 2.75) is 13.5 Å². The van der Waals surface area contributed by atoms with Crippen molar-refractivity contribution < 1.29 is 14.3 Å². The number of rotatable bonds is 8. The Morgan fingerprint density at radius 2 is 1.68 bits per heavy atom. The fourth-order valence-corrected chi connectivity index (χ4v) is 5.05. The number of ether oxygens (including phenoxy) is 2. The fourth-order valence-electron chi connectivity index (χ4n) is 5.05. The van der Waals surface area contributed by atoms with Gasteiger partial charge in [-0.1, -0.05) is 30.3 Å². The Balaban J connectivity index is 1.27. The Morgan fingerprint density at radius 3 is 2.37 bits per heavy atom. The molecule has 8 nitrogen and oxygen atoms in total. The summed E-state index contributed by atoms with van der Waals surface area (Å²) in [5.41, 5.74) is 12.3. The smallest absolute Gasteiger partial charge is 0.321 e. The van der Waals surface area contributed by atoms with Crippen molar-refractivity contribution in [3.05, 3.63) is 72.8 Å². The van der Waals surface area contributed by atoms with Crippen LogP contribution >= 0.6 is 0 Å². The number of nitrogens with two attached hydrogens (primary N) is 1. The summed E-state index contributed by atoms with van der Waals surface area (Å²) in [6.45, 7) is 6.89. The number of para-hydroxylation sites is 1. The highest BCUT2D eigenvalue weighted by Crippen LogP contribution is 2.38. The van der Waals surface area contributed by atoms with Crippen LogP contribution in [0.2, 0.25) is 0 Å². The first kappa shape index (κ1) is 25.5. The van der Waals surface area contributed by atoms with Crippen LogP contribution in [-0.4, -0.2) is 62.0 Å². The van der Waals surface area contributed by atoms with Gasteiger partial charge in [-0.25, -0.2) is 4.79 Å². The first-order chi connectivity index (χ1) is 18.6. The summed E-state index contributed by atoms with van der Waals surface area (Å²) in [7, 11) is 1.66. The van der Waals surface area contributed by atoms with Gasteiger partial charge in [0.25, 0.3) is 0 Å². The molecular formula is C30H35N5O3. The number of nitrogens with zero attached hydrogens (tertiary/aromatic N) is 3. The molecule has 0 spiro atoms. The molecule has 1 aliphatic rings. The first-order valence-corrected chi connectivity index (χ1v) is 13.1. The summed E-state index contributed by atoms with van der Waals surface area (Å²) in [6.07, 6.45) is 0. The standard InChI is InChI=1S/C30H35N5O3/c1-3-35-27-21-25(38-20-19-37-2)13-14-26(27)28(31)29(35)22-9-11-23(12-10-22)32-30(36)34-17-15-33(16-18-34)24-7-5-4-6-8-24/h4-14,21H,3,15-20,31H2,1-2H3,(H,32,36). The summed E-state index contributed by atoms with van der Waals surface area (Å²) in [6, 6.07) is 24.1. The Labute approximate surface area is 223 Å². The zero-order valence-corrected chi connectivity index (χ0v) is 22.0. The molecule has 2 amide bonds. The largest absolute Gasteiger partial charge is 0.491 e. The third-order valence-electron chi connectivity index (χ3n) is 7.05. The quantitative estimate of drug-likeness (QED) is 0.313. The number of hydrogen-bond acceptors (Lipinski definition) is 5. The number of urea groups is 1. The Bertz CT molecular complexity index is 1380. The number of nitrogens with one attached hydrogen (secondary N) is 1. The van der Waals surface area contributed by atoms with Crippen LogP contribution in [0.15, 0.2) is 72.8 Å². The molecule has 0 unspecified atom stereocenters. The van der Waals surface area contributed by atoms with E-state index in [1.54, 1.807) is 7.11 Å². The van der Waals surface area contributed by atoms with Crippen LogP contribution in [0.4, 0.5) is 21.9 Å². The van der Waals surface area contributed by atoms with Crippen molar-refractivity contribution in [2.75, 3.05) is 62.5 Å². The first-order valence-electron chi connectivity index (χ1n) is 13.1. The lowest BCUT2D eigenvalue weighted by Crippen LogP contribution is -2.50. The number of carbonyl (C=O) groups excluding carboxylic acids is 1. The molecule has 198 valence electrons. The van der Waals surface area contributed by atoms with Gasteiger partial charge >= 0.3 is 6.03 Å². The minimum atomic E-state index is -0.0753. The van der Waals surface area contributed by atoms with E-state index >= 15 is 0 Å². The molecule has 38 heavy (non-hydrogen) atoms. The van der Waals surface area contributed by atoms with E-state index in [1.165, 1.54) is 5.69 Å². The summed E-state index contributed by atoms with van der Waals surface area (Å²) in [5, 5.41) is 4.04. The molecule has 3 aromatic carbocycles. The maximum atomic E-state index is 12.9. The number of amides is 2. The van der Waals surface area contributed by atoms with Gasteiger partial charge in [0.2, 0.25) is 0 Å². The molecule has 1 aliphatic heterocycles. The molecule has 3 N–H and O–H groups in total. The second-order valence-electron chi connectivity index (χ2n) is 9.34. The molecule has 0 aliphatic carbocycles. The zero-order chi connectivity index (χ0) is 26.5. The lowest BCUT2D eigenvalue weighted by molar-refractivity contribution is 0.146. The SMILES string of the molecule is CCn1c(-c2ccc(NC(=O)N3CCN(c4ccccc4)CC3)cc2)c(N)c2ccc(OCCOC)cc21. The number of aromatic nitrogens is 1. The highest BCUT2D eigenvalue weighted by Gasteiger charge is 2.22. The van der Waals surface area contributed by atoms with Gasteiger partial charge in [0.15, 0.2) is 0 Å². The summed E-state index contributed by atoms with van der Waals surface area (Å²) in [4.78, 5) is 17.1. The van der Waals surface area contributed by atoms with Gasteiger partial charge in [-0.2, -0.15) is 0 Å². The molecule has 0 radical (unpaired) electrons. The molecule has 1 fully saturated rings. The van der Waals surface area contributed by atoms with Crippen LogP contribution in [0.1, 0.15) is 6.92 Å². The molecule has 1 saturated heterocycles. The zero-order valence-electron chi connectivity index (χ0n) is 22.0. The van der Waals surface area contributed by atoms with Gasteiger partial charge in [-0.05, 0) is 43.3 Å². The molecule has 0 bridgehead atoms. The van der Waals surface area contributed by atoms with Crippen molar-refractivity contribution in [3.63, 3.8) is 0 Å². The van der Waals surface area contributed by atoms with E-state index in [-0.39, 0.29) is 6.03 Å². The minimum absolute atomic E-state index is 0.0753. The third kappa shape index (κ3) is 5.26. The summed E-state index contributed by atoms with van der Waals surface area (Å²) < 4.78 is 13.1. The topological polar surface area (TPSA) is 85.0 Å². The highest BCUT2D eigenvalue weighted by molar-refractivity contribution is 6.01. The molecular weight excluding hydrogens is 478 g/mol. The maximum Gasteiger partial charge on any atom is 0.321 e. The van der Waals surface area contributed by atoms with Crippen LogP contribution in [-0.2, 0) is 11.3 Å². The molecule has 8 heteroatoms. The lowest BCUT2D eigenvalue weighted by atomic mass is 10.1. The number of hydrogen-bond donors (Lipinski definition) is 2. The predicted molar refractivity (Wildman–Crippen MR) is 154 cm³/mol. The number of carbonyl (C=O) groups is 1. The second kappa shape index (κ2) is 11.5. The second-order valence-corrected chi connectivity index (χ2v) is 9.34. The van der Waals surface area contributed by atoms with Gasteiger partial charge in [-0.3, -0.25) is 0 Å². The number of piperazine rings is 1. The highest BCUT2D eigenvalue weighted by atomic mass is 16.5. The number of benzene rings is 3. The molecule has 5 rings (SSSR count). The molecule has 0 saturated carbocycles. The van der Waals surface area contributed by atoms with Gasteiger partial charge in [0, 0.05) is 68.2 Å². The van der Waals surface area contributed by atoms with Crippen LogP contribution in [0.5, 0.6) is 5.75 Å². The van der Waals surface area contributed by atoms with E-state index in [0.29, 0.717) is 26.3 Å². The van der Waals surface area contributed by atoms with E-state index in [9.17, 15) is 4.79 Å². The molecule has 4 aromatic rings. The Morgan fingerprint density at radius 1 is 0.947 bits per heavy atom. The van der Waals surface area contributed by atoms with Crippen molar-refractivity contribution >= 4 is 34.0 Å². The number of nitrogen functional groups attached to an aromatic ring is 1. The average Bonchev–Trinajstić information content (AvgIpc) is 3.24. The van der Waals surface area contributed by atoms with Gasteiger partial charge in [0.1, 0.15) is 12.4 Å². The van der Waals surface area contributed by atoms with Crippen molar-refractivity contribution in [3.8, 4) is 17.0 Å². The van der Waals surface area contributed by atoms with Gasteiger partial charge in [0.05, 0.1) is 23.5 Å². The average molecular weight is 514 g/mol. The number of methoxy groups -OCH3 is 1. The van der Waals surface area contributed by atoms with Crippen molar-refractivity contribution in [1.29, 1.82) is 0 Å². The van der Waals surface area contributed by atoms with Gasteiger partial charge < -0.3 is 34.9 Å². The molecule has 1 aromatic heterocycles. The van der Waals surface area contributed by atoms with Crippen molar-refractivity contribution in [2.24, 2.45) is 0 Å². The summed E-state index contributed by atoms with van der Waals surface area (Å²) >= 11 is 0. The third-order valence-corrected chi connectivity index (χ3v) is 7.05. The minimum Gasteiger partial charge on any atom is -0.491 e. The number of aryl methyl sites for hydroxylation is 1. The Hall–Kier alpha value is -4.17. The van der Waals surface area contributed by atoms with Crippen LogP contribution in [0.3, 0.4) is 0 Å². The maximum absolute atomic E-state index is 12.9. The van der Waals surface area contributed by atoms with Crippen molar-refractivity contribution in [1.82, 2.24) is 9.47 Å². The lowest BCUT2D eigenvalue weighted by Gasteiger charge is -2.36. The van der Waals surface area contributed by atoms with E-state index in [0.717, 1.165) is 58.9 Å². The van der Waals surface area contributed by atoms with Crippen LogP contribution < -0.4 is 20.7 Å². The van der Waals surface area contributed by atoms with E-state index < -0.39 is 0 Å². The molecule has 0 atom stereocenters. The number of fused-ring (bicyclic) bond motifs is 1. The van der Waals surface area contributed by atoms with E-state index in [2.05, 4.69) is 33.8 Å².